The predicted molar refractivity (Wildman–Crippen MR) is 104 cm³/mol. The van der Waals surface area contributed by atoms with Gasteiger partial charge in [0.25, 0.3) is 0 Å². The Hall–Kier alpha value is -2.53. The number of carbonyl (C=O) groups excluding carboxylic acids is 1. The van der Waals surface area contributed by atoms with Gasteiger partial charge in [-0.15, -0.1) is 0 Å². The van der Waals surface area contributed by atoms with E-state index in [1.807, 2.05) is 30.1 Å². The summed E-state index contributed by atoms with van der Waals surface area (Å²) in [6, 6.07) is 12.0. The molecule has 0 radical (unpaired) electrons. The van der Waals surface area contributed by atoms with Crippen LogP contribution in [0.4, 0.5) is 0 Å². The molecule has 0 fully saturated rings. The third-order valence-electron chi connectivity index (χ3n) is 4.29. The third kappa shape index (κ3) is 5.49. The van der Waals surface area contributed by atoms with E-state index in [4.69, 9.17) is 9.47 Å². The topological polar surface area (TPSA) is 50.8 Å². The van der Waals surface area contributed by atoms with Crippen molar-refractivity contribution in [3.05, 3.63) is 58.7 Å². The van der Waals surface area contributed by atoms with Crippen molar-refractivity contribution in [3.8, 4) is 11.5 Å². The second kappa shape index (κ2) is 9.25. The third-order valence-corrected chi connectivity index (χ3v) is 4.29. The first-order valence-electron chi connectivity index (χ1n) is 8.65. The van der Waals surface area contributed by atoms with Gasteiger partial charge in [0.2, 0.25) is 5.91 Å². The molecule has 0 saturated carbocycles. The van der Waals surface area contributed by atoms with Crippen LogP contribution in [0.2, 0.25) is 0 Å². The number of carbonyl (C=O) groups is 1. The van der Waals surface area contributed by atoms with Gasteiger partial charge in [-0.05, 0) is 49.7 Å². The molecule has 2 rings (SSSR count). The lowest BCUT2D eigenvalue weighted by Gasteiger charge is -2.18. The van der Waals surface area contributed by atoms with Crippen LogP contribution in [-0.4, -0.2) is 38.6 Å². The van der Waals surface area contributed by atoms with Crippen LogP contribution in [0.1, 0.15) is 22.3 Å². The molecule has 140 valence electrons. The molecule has 5 nitrogen and oxygen atoms in total. The van der Waals surface area contributed by atoms with Crippen LogP contribution in [0.25, 0.3) is 0 Å². The molecular formula is C21H28N2O3. The zero-order valence-electron chi connectivity index (χ0n) is 16.3. The molecule has 0 unspecified atom stereocenters. The van der Waals surface area contributed by atoms with Gasteiger partial charge >= 0.3 is 0 Å². The van der Waals surface area contributed by atoms with Gasteiger partial charge in [-0.2, -0.15) is 0 Å². The van der Waals surface area contributed by atoms with Crippen LogP contribution in [0.15, 0.2) is 36.4 Å². The Morgan fingerprint density at radius 2 is 1.77 bits per heavy atom. The van der Waals surface area contributed by atoms with Crippen LogP contribution in [0.5, 0.6) is 11.5 Å². The van der Waals surface area contributed by atoms with Gasteiger partial charge < -0.3 is 14.8 Å². The molecule has 0 aliphatic carbocycles. The summed E-state index contributed by atoms with van der Waals surface area (Å²) >= 11 is 0. The van der Waals surface area contributed by atoms with Crippen molar-refractivity contribution in [1.29, 1.82) is 0 Å². The summed E-state index contributed by atoms with van der Waals surface area (Å²) in [5, 5.41) is 2.95. The van der Waals surface area contributed by atoms with Crippen molar-refractivity contribution >= 4 is 5.91 Å². The first-order valence-corrected chi connectivity index (χ1v) is 8.65. The Labute approximate surface area is 155 Å². The summed E-state index contributed by atoms with van der Waals surface area (Å²) in [5.74, 6) is 1.33. The van der Waals surface area contributed by atoms with Crippen molar-refractivity contribution in [3.63, 3.8) is 0 Å². The first-order chi connectivity index (χ1) is 12.4. The number of likely N-dealkylation sites (N-methyl/N-ethyl adjacent to an activating group) is 1. The fraction of sp³-hybridized carbons (Fsp3) is 0.381. The van der Waals surface area contributed by atoms with Crippen LogP contribution in [0.3, 0.4) is 0 Å². The molecule has 1 amide bonds. The number of amides is 1. The Balaban J connectivity index is 1.86. The average molecular weight is 356 g/mol. The summed E-state index contributed by atoms with van der Waals surface area (Å²) in [6.45, 7) is 5.74. The number of benzene rings is 2. The molecular weight excluding hydrogens is 328 g/mol. The van der Waals surface area contributed by atoms with E-state index in [0.717, 1.165) is 12.1 Å². The molecule has 0 atom stereocenters. The summed E-state index contributed by atoms with van der Waals surface area (Å²) in [5.41, 5.74) is 4.71. The molecule has 0 bridgehead atoms. The number of nitrogens with zero attached hydrogens (tertiary/aromatic N) is 1. The second-order valence-electron chi connectivity index (χ2n) is 6.57. The summed E-state index contributed by atoms with van der Waals surface area (Å²) in [6.07, 6.45) is 0. The van der Waals surface area contributed by atoms with Crippen molar-refractivity contribution in [2.24, 2.45) is 0 Å². The van der Waals surface area contributed by atoms with Gasteiger partial charge in [-0.1, -0.05) is 29.8 Å². The lowest BCUT2D eigenvalue weighted by molar-refractivity contribution is -0.122. The van der Waals surface area contributed by atoms with E-state index in [-0.39, 0.29) is 5.91 Å². The highest BCUT2D eigenvalue weighted by molar-refractivity contribution is 5.78. The maximum Gasteiger partial charge on any atom is 0.234 e. The van der Waals surface area contributed by atoms with Crippen molar-refractivity contribution in [1.82, 2.24) is 10.2 Å². The Morgan fingerprint density at radius 3 is 2.42 bits per heavy atom. The Bertz CT molecular complexity index is 759. The summed E-state index contributed by atoms with van der Waals surface area (Å²) in [7, 11) is 5.16. The maximum absolute atomic E-state index is 12.2. The normalized spacial score (nSPS) is 10.7. The predicted octanol–water partition coefficient (Wildman–Crippen LogP) is 3.07. The molecule has 0 aliphatic heterocycles. The molecule has 2 aromatic carbocycles. The number of hydrogen-bond donors (Lipinski definition) is 1. The van der Waals surface area contributed by atoms with E-state index >= 15 is 0 Å². The second-order valence-corrected chi connectivity index (χ2v) is 6.57. The standard InChI is InChI=1S/C21H28N2O3/c1-15-6-8-18(16(2)10-15)13-23(3)14-21(24)22-12-17-7-9-19(25-4)20(11-17)26-5/h6-11H,12-14H2,1-5H3,(H,22,24). The Kier molecular flexibility index (Phi) is 7.04. The smallest absolute Gasteiger partial charge is 0.234 e. The molecule has 0 aliphatic rings. The first kappa shape index (κ1) is 19.8. The number of rotatable bonds is 8. The minimum absolute atomic E-state index is 0.00736. The van der Waals surface area contributed by atoms with E-state index in [1.54, 1.807) is 14.2 Å². The van der Waals surface area contributed by atoms with E-state index in [2.05, 4.69) is 37.4 Å². The molecule has 0 heterocycles. The number of ether oxygens (including phenoxy) is 2. The van der Waals surface area contributed by atoms with Gasteiger partial charge in [0.15, 0.2) is 11.5 Å². The van der Waals surface area contributed by atoms with Gasteiger partial charge in [-0.25, -0.2) is 0 Å². The van der Waals surface area contributed by atoms with E-state index in [9.17, 15) is 4.79 Å². The van der Waals surface area contributed by atoms with Gasteiger partial charge in [0, 0.05) is 13.1 Å². The Morgan fingerprint density at radius 1 is 1.04 bits per heavy atom. The molecule has 0 saturated heterocycles. The number of nitrogens with one attached hydrogen (secondary N) is 1. The highest BCUT2D eigenvalue weighted by atomic mass is 16.5. The summed E-state index contributed by atoms with van der Waals surface area (Å²) in [4.78, 5) is 14.2. The molecule has 1 N–H and O–H groups in total. The van der Waals surface area contributed by atoms with Crippen molar-refractivity contribution in [2.75, 3.05) is 27.8 Å². The fourth-order valence-corrected chi connectivity index (χ4v) is 2.86. The van der Waals surface area contributed by atoms with Crippen LogP contribution in [-0.2, 0) is 17.9 Å². The number of methoxy groups -OCH3 is 2. The quantitative estimate of drug-likeness (QED) is 0.790. The molecule has 5 heteroatoms. The minimum atomic E-state index is -0.00736. The largest absolute Gasteiger partial charge is 0.493 e. The van der Waals surface area contributed by atoms with Gasteiger partial charge in [0.05, 0.1) is 20.8 Å². The van der Waals surface area contributed by atoms with E-state index in [1.165, 1.54) is 16.7 Å². The molecule has 0 spiro atoms. The highest BCUT2D eigenvalue weighted by Gasteiger charge is 2.10. The highest BCUT2D eigenvalue weighted by Crippen LogP contribution is 2.27. The van der Waals surface area contributed by atoms with Crippen LogP contribution < -0.4 is 14.8 Å². The molecule has 2 aromatic rings. The van der Waals surface area contributed by atoms with Crippen molar-refractivity contribution in [2.45, 2.75) is 26.9 Å². The van der Waals surface area contributed by atoms with Crippen LogP contribution in [0, 0.1) is 13.8 Å². The molecule has 26 heavy (non-hydrogen) atoms. The number of aryl methyl sites for hydroxylation is 2. The van der Waals surface area contributed by atoms with E-state index < -0.39 is 0 Å². The van der Waals surface area contributed by atoms with Crippen LogP contribution >= 0.6 is 0 Å². The SMILES string of the molecule is COc1ccc(CNC(=O)CN(C)Cc2ccc(C)cc2C)cc1OC. The van der Waals surface area contributed by atoms with Gasteiger partial charge in [-0.3, -0.25) is 9.69 Å². The molecule has 0 aromatic heterocycles. The monoisotopic (exact) mass is 356 g/mol. The zero-order chi connectivity index (χ0) is 19.1. The summed E-state index contributed by atoms with van der Waals surface area (Å²) < 4.78 is 10.5. The zero-order valence-corrected chi connectivity index (χ0v) is 16.3. The maximum atomic E-state index is 12.2. The lowest BCUT2D eigenvalue weighted by Crippen LogP contribution is -2.34. The average Bonchev–Trinajstić information content (AvgIpc) is 2.62. The van der Waals surface area contributed by atoms with E-state index in [0.29, 0.717) is 24.6 Å². The van der Waals surface area contributed by atoms with Crippen molar-refractivity contribution < 1.29 is 14.3 Å². The lowest BCUT2D eigenvalue weighted by atomic mass is 10.1. The van der Waals surface area contributed by atoms with Gasteiger partial charge in [0.1, 0.15) is 0 Å². The minimum Gasteiger partial charge on any atom is -0.493 e. The fourth-order valence-electron chi connectivity index (χ4n) is 2.86. The number of hydrogen-bond acceptors (Lipinski definition) is 4.